The fourth-order valence-electron chi connectivity index (χ4n) is 5.23. The summed E-state index contributed by atoms with van der Waals surface area (Å²) in [5, 5.41) is 2.09. The van der Waals surface area contributed by atoms with Crippen molar-refractivity contribution in [3.63, 3.8) is 0 Å². The molecular formula is C31H26N2O2. The van der Waals surface area contributed by atoms with Crippen LogP contribution in [0.4, 0.5) is 0 Å². The molecule has 6 rings (SSSR count). The van der Waals surface area contributed by atoms with E-state index in [9.17, 15) is 4.79 Å². The van der Waals surface area contributed by atoms with Crippen LogP contribution in [0.1, 0.15) is 48.7 Å². The van der Waals surface area contributed by atoms with Crippen LogP contribution in [-0.2, 0) is 6.42 Å². The predicted octanol–water partition coefficient (Wildman–Crippen LogP) is 7.22. The van der Waals surface area contributed by atoms with E-state index in [1.165, 1.54) is 5.57 Å². The molecule has 0 aliphatic carbocycles. The van der Waals surface area contributed by atoms with Crippen molar-refractivity contribution in [3.05, 3.63) is 101 Å². The molecule has 1 unspecified atom stereocenters. The molecule has 172 valence electrons. The molecule has 0 bridgehead atoms. The lowest BCUT2D eigenvalue weighted by atomic mass is 9.88. The Hall–Kier alpha value is -4.05. The monoisotopic (exact) mass is 458 g/mol. The Kier molecular flexibility index (Phi) is 4.92. The lowest BCUT2D eigenvalue weighted by Crippen LogP contribution is -2.34. The van der Waals surface area contributed by atoms with Crippen molar-refractivity contribution >= 4 is 38.6 Å². The SMILES string of the molecule is CC(C)=CC1(C)CCc2c(c3ccccc3c3nc4ccc(C(=O)c5ccccc5)cc4nc23)O1. The van der Waals surface area contributed by atoms with Crippen molar-refractivity contribution < 1.29 is 9.53 Å². The molecule has 1 aromatic heterocycles. The Morgan fingerprint density at radius 1 is 0.857 bits per heavy atom. The van der Waals surface area contributed by atoms with Crippen molar-refractivity contribution in [2.75, 3.05) is 0 Å². The molecule has 0 radical (unpaired) electrons. The Balaban J connectivity index is 1.58. The number of benzene rings is 4. The first-order valence-electron chi connectivity index (χ1n) is 12.0. The molecule has 2 heterocycles. The number of hydrogen-bond donors (Lipinski definition) is 0. The topological polar surface area (TPSA) is 52.1 Å². The smallest absolute Gasteiger partial charge is 0.193 e. The summed E-state index contributed by atoms with van der Waals surface area (Å²) in [6.07, 6.45) is 3.92. The molecular weight excluding hydrogens is 432 g/mol. The van der Waals surface area contributed by atoms with Gasteiger partial charge in [-0.3, -0.25) is 4.79 Å². The highest BCUT2D eigenvalue weighted by Crippen LogP contribution is 2.44. The maximum absolute atomic E-state index is 13.0. The summed E-state index contributed by atoms with van der Waals surface area (Å²) < 4.78 is 6.69. The third-order valence-corrected chi connectivity index (χ3v) is 6.75. The van der Waals surface area contributed by atoms with E-state index in [0.717, 1.165) is 57.0 Å². The van der Waals surface area contributed by atoms with Crippen LogP contribution >= 0.6 is 0 Å². The molecule has 0 saturated carbocycles. The van der Waals surface area contributed by atoms with Gasteiger partial charge >= 0.3 is 0 Å². The first kappa shape index (κ1) is 21.5. The minimum atomic E-state index is -0.359. The van der Waals surface area contributed by atoms with Crippen LogP contribution < -0.4 is 4.74 Å². The summed E-state index contributed by atoms with van der Waals surface area (Å²) in [6.45, 7) is 6.36. The number of ether oxygens (including phenoxy) is 1. The van der Waals surface area contributed by atoms with Crippen LogP contribution in [0.15, 0.2) is 84.4 Å². The first-order valence-corrected chi connectivity index (χ1v) is 12.0. The molecule has 1 atom stereocenters. The highest BCUT2D eigenvalue weighted by atomic mass is 16.5. The average Bonchev–Trinajstić information content (AvgIpc) is 2.87. The highest BCUT2D eigenvalue weighted by molar-refractivity contribution is 6.12. The number of carbonyl (C=O) groups is 1. The quantitative estimate of drug-likeness (QED) is 0.124. The number of nitrogens with zero attached hydrogens (tertiary/aromatic N) is 2. The van der Waals surface area contributed by atoms with Crippen LogP contribution in [-0.4, -0.2) is 21.4 Å². The van der Waals surface area contributed by atoms with Gasteiger partial charge < -0.3 is 4.74 Å². The summed E-state index contributed by atoms with van der Waals surface area (Å²) in [5.41, 5.74) is 6.47. The second kappa shape index (κ2) is 8.02. The van der Waals surface area contributed by atoms with Crippen LogP contribution in [0.25, 0.3) is 32.8 Å². The number of aryl methyl sites for hydroxylation is 1. The van der Waals surface area contributed by atoms with E-state index in [1.807, 2.05) is 60.7 Å². The molecule has 0 N–H and O–H groups in total. The third-order valence-electron chi connectivity index (χ3n) is 6.75. The maximum atomic E-state index is 13.0. The molecule has 35 heavy (non-hydrogen) atoms. The van der Waals surface area contributed by atoms with E-state index in [1.54, 1.807) is 0 Å². The number of allylic oxidation sites excluding steroid dienone is 1. The van der Waals surface area contributed by atoms with Crippen molar-refractivity contribution in [2.45, 2.75) is 39.2 Å². The number of aromatic nitrogens is 2. The number of fused-ring (bicyclic) bond motifs is 7. The molecule has 4 heteroatoms. The largest absolute Gasteiger partial charge is 0.482 e. The Bertz CT molecular complexity index is 1670. The lowest BCUT2D eigenvalue weighted by Gasteiger charge is -2.35. The van der Waals surface area contributed by atoms with Gasteiger partial charge in [0.25, 0.3) is 0 Å². The maximum Gasteiger partial charge on any atom is 0.193 e. The van der Waals surface area contributed by atoms with Gasteiger partial charge in [-0.2, -0.15) is 0 Å². The normalized spacial score (nSPS) is 17.2. The van der Waals surface area contributed by atoms with Gasteiger partial charge in [0.15, 0.2) is 5.78 Å². The summed E-state index contributed by atoms with van der Waals surface area (Å²) >= 11 is 0. The number of rotatable bonds is 3. The van der Waals surface area contributed by atoms with Crippen LogP contribution in [0.5, 0.6) is 5.75 Å². The van der Waals surface area contributed by atoms with Crippen molar-refractivity contribution in [2.24, 2.45) is 0 Å². The fourth-order valence-corrected chi connectivity index (χ4v) is 5.23. The van der Waals surface area contributed by atoms with Gasteiger partial charge in [0, 0.05) is 27.5 Å². The minimum Gasteiger partial charge on any atom is -0.482 e. The van der Waals surface area contributed by atoms with Gasteiger partial charge in [0.1, 0.15) is 11.4 Å². The molecule has 0 fully saturated rings. The number of hydrogen-bond acceptors (Lipinski definition) is 4. The zero-order chi connectivity index (χ0) is 24.2. The van der Waals surface area contributed by atoms with E-state index in [2.05, 4.69) is 39.0 Å². The van der Waals surface area contributed by atoms with E-state index in [0.29, 0.717) is 11.1 Å². The molecule has 0 saturated heterocycles. The average molecular weight is 459 g/mol. The standard InChI is InChI=1S/C31H26N2O2/c1-19(2)18-31(3)16-15-24-28-27(22-11-7-8-12-23(22)30(24)35-31)32-25-14-13-21(17-26(25)33-28)29(34)20-9-5-4-6-10-20/h4-14,17-18H,15-16H2,1-3H3. The molecule has 1 aliphatic heterocycles. The molecule has 4 aromatic carbocycles. The van der Waals surface area contributed by atoms with E-state index >= 15 is 0 Å². The summed E-state index contributed by atoms with van der Waals surface area (Å²) in [4.78, 5) is 23.2. The fraction of sp³-hybridized carbons (Fsp3) is 0.194. The molecule has 1 aliphatic rings. The minimum absolute atomic E-state index is 0.0178. The van der Waals surface area contributed by atoms with Gasteiger partial charge in [-0.25, -0.2) is 9.97 Å². The number of carbonyl (C=O) groups excluding carboxylic acids is 1. The van der Waals surface area contributed by atoms with Crippen molar-refractivity contribution in [1.29, 1.82) is 0 Å². The van der Waals surface area contributed by atoms with Crippen molar-refractivity contribution in [1.82, 2.24) is 9.97 Å². The first-order chi connectivity index (χ1) is 16.9. The summed E-state index contributed by atoms with van der Waals surface area (Å²) in [5.74, 6) is 0.875. The molecule has 0 spiro atoms. The van der Waals surface area contributed by atoms with Gasteiger partial charge in [-0.05, 0) is 57.9 Å². The Labute approximate surface area is 204 Å². The molecule has 0 amide bonds. The summed E-state index contributed by atoms with van der Waals surface area (Å²) in [6, 6.07) is 23.2. The zero-order valence-electron chi connectivity index (χ0n) is 20.1. The lowest BCUT2D eigenvalue weighted by molar-refractivity contribution is 0.103. The zero-order valence-corrected chi connectivity index (χ0v) is 20.1. The van der Waals surface area contributed by atoms with Gasteiger partial charge in [0.2, 0.25) is 0 Å². The molecule has 5 aromatic rings. The Morgan fingerprint density at radius 2 is 1.57 bits per heavy atom. The summed E-state index contributed by atoms with van der Waals surface area (Å²) in [7, 11) is 0. The van der Waals surface area contributed by atoms with Crippen LogP contribution in [0, 0.1) is 0 Å². The third kappa shape index (κ3) is 3.66. The molecule has 4 nitrogen and oxygen atoms in total. The van der Waals surface area contributed by atoms with E-state index < -0.39 is 0 Å². The van der Waals surface area contributed by atoms with Gasteiger partial charge in [-0.1, -0.05) is 60.2 Å². The van der Waals surface area contributed by atoms with E-state index in [4.69, 9.17) is 14.7 Å². The van der Waals surface area contributed by atoms with Crippen LogP contribution in [0.2, 0.25) is 0 Å². The van der Waals surface area contributed by atoms with Gasteiger partial charge in [0.05, 0.1) is 22.1 Å². The Morgan fingerprint density at radius 3 is 2.34 bits per heavy atom. The van der Waals surface area contributed by atoms with Crippen LogP contribution in [0.3, 0.4) is 0 Å². The van der Waals surface area contributed by atoms with Crippen molar-refractivity contribution in [3.8, 4) is 5.75 Å². The predicted molar refractivity (Wildman–Crippen MR) is 141 cm³/mol. The second-order valence-corrected chi connectivity index (χ2v) is 9.81. The van der Waals surface area contributed by atoms with E-state index in [-0.39, 0.29) is 11.4 Å². The highest BCUT2D eigenvalue weighted by Gasteiger charge is 2.32. The van der Waals surface area contributed by atoms with Gasteiger partial charge in [-0.15, -0.1) is 0 Å². The number of ketones is 1. The second-order valence-electron chi connectivity index (χ2n) is 9.81.